The van der Waals surface area contributed by atoms with E-state index >= 15 is 0 Å². The molecule has 1 aromatic carbocycles. The summed E-state index contributed by atoms with van der Waals surface area (Å²) in [5, 5.41) is 3.15. The molecule has 0 spiro atoms. The Labute approximate surface area is 106 Å². The normalized spacial score (nSPS) is 10.4. The number of halogens is 1. The standard InChI is InChI=1S/C14H16FN3/c1-4-7-18-9-11(3)16-14(18)17-13-8-12(15)6-5-10(13)2/h4-6,8-9H,1,7H2,2-3H3,(H,16,17). The second-order valence-electron chi connectivity index (χ2n) is 4.23. The van der Waals surface area contributed by atoms with Gasteiger partial charge >= 0.3 is 0 Å². The summed E-state index contributed by atoms with van der Waals surface area (Å²) in [5.41, 5.74) is 2.61. The van der Waals surface area contributed by atoms with Crippen molar-refractivity contribution in [3.63, 3.8) is 0 Å². The van der Waals surface area contributed by atoms with Gasteiger partial charge in [0.2, 0.25) is 5.95 Å². The van der Waals surface area contributed by atoms with Crippen LogP contribution in [0.4, 0.5) is 16.0 Å². The van der Waals surface area contributed by atoms with Crippen molar-refractivity contribution in [1.29, 1.82) is 0 Å². The molecule has 2 aromatic rings. The van der Waals surface area contributed by atoms with Gasteiger partial charge < -0.3 is 9.88 Å². The molecular weight excluding hydrogens is 229 g/mol. The lowest BCUT2D eigenvalue weighted by Crippen LogP contribution is -2.03. The molecule has 0 aliphatic carbocycles. The van der Waals surface area contributed by atoms with E-state index in [2.05, 4.69) is 16.9 Å². The molecule has 0 atom stereocenters. The smallest absolute Gasteiger partial charge is 0.207 e. The molecule has 1 heterocycles. The van der Waals surface area contributed by atoms with Crippen molar-refractivity contribution in [2.75, 3.05) is 5.32 Å². The van der Waals surface area contributed by atoms with Gasteiger partial charge in [-0.15, -0.1) is 6.58 Å². The van der Waals surface area contributed by atoms with Gasteiger partial charge in [-0.2, -0.15) is 0 Å². The zero-order valence-corrected chi connectivity index (χ0v) is 10.6. The van der Waals surface area contributed by atoms with Crippen LogP contribution in [0, 0.1) is 19.7 Å². The van der Waals surface area contributed by atoms with Crippen molar-refractivity contribution in [2.24, 2.45) is 0 Å². The fourth-order valence-electron chi connectivity index (χ4n) is 1.77. The molecule has 0 bridgehead atoms. The molecular formula is C14H16FN3. The van der Waals surface area contributed by atoms with E-state index in [0.717, 1.165) is 16.9 Å². The fourth-order valence-corrected chi connectivity index (χ4v) is 1.77. The first kappa shape index (κ1) is 12.4. The molecule has 18 heavy (non-hydrogen) atoms. The van der Waals surface area contributed by atoms with Gasteiger partial charge in [0, 0.05) is 18.4 Å². The Hall–Kier alpha value is -2.10. The summed E-state index contributed by atoms with van der Waals surface area (Å²) >= 11 is 0. The predicted molar refractivity (Wildman–Crippen MR) is 71.6 cm³/mol. The number of benzene rings is 1. The number of nitrogens with one attached hydrogen (secondary N) is 1. The monoisotopic (exact) mass is 245 g/mol. The number of hydrogen-bond donors (Lipinski definition) is 1. The highest BCUT2D eigenvalue weighted by atomic mass is 19.1. The minimum absolute atomic E-state index is 0.262. The SMILES string of the molecule is C=CCn1cc(C)nc1Nc1cc(F)ccc1C. The molecule has 0 saturated heterocycles. The van der Waals surface area contributed by atoms with Gasteiger partial charge in [0.25, 0.3) is 0 Å². The quantitative estimate of drug-likeness (QED) is 0.834. The summed E-state index contributed by atoms with van der Waals surface area (Å²) in [4.78, 5) is 4.38. The van der Waals surface area contributed by atoms with E-state index in [1.807, 2.05) is 24.6 Å². The zero-order valence-electron chi connectivity index (χ0n) is 10.6. The molecule has 0 radical (unpaired) electrons. The van der Waals surface area contributed by atoms with Gasteiger partial charge in [-0.05, 0) is 31.5 Å². The van der Waals surface area contributed by atoms with Gasteiger partial charge in [0.1, 0.15) is 5.82 Å². The number of allylic oxidation sites excluding steroid dienone is 1. The minimum Gasteiger partial charge on any atom is -0.325 e. The Morgan fingerprint density at radius 1 is 1.44 bits per heavy atom. The van der Waals surface area contributed by atoms with E-state index < -0.39 is 0 Å². The van der Waals surface area contributed by atoms with Gasteiger partial charge in [0.05, 0.1) is 5.69 Å². The third-order valence-corrected chi connectivity index (χ3v) is 2.67. The number of aryl methyl sites for hydroxylation is 2. The lowest BCUT2D eigenvalue weighted by atomic mass is 10.2. The minimum atomic E-state index is -0.262. The van der Waals surface area contributed by atoms with E-state index in [1.165, 1.54) is 12.1 Å². The highest BCUT2D eigenvalue weighted by Crippen LogP contribution is 2.21. The lowest BCUT2D eigenvalue weighted by Gasteiger charge is -2.10. The molecule has 2 rings (SSSR count). The number of anilines is 2. The van der Waals surface area contributed by atoms with E-state index in [4.69, 9.17) is 0 Å². The number of rotatable bonds is 4. The van der Waals surface area contributed by atoms with Crippen molar-refractivity contribution in [3.8, 4) is 0 Å². The molecule has 3 nitrogen and oxygen atoms in total. The summed E-state index contributed by atoms with van der Waals surface area (Å²) in [6.45, 7) is 8.22. The van der Waals surface area contributed by atoms with Gasteiger partial charge in [0.15, 0.2) is 0 Å². The third kappa shape index (κ3) is 2.59. The first-order chi connectivity index (χ1) is 8.60. The second-order valence-corrected chi connectivity index (χ2v) is 4.23. The first-order valence-electron chi connectivity index (χ1n) is 5.78. The van der Waals surface area contributed by atoms with E-state index in [1.54, 1.807) is 12.1 Å². The Kier molecular flexibility index (Phi) is 3.46. The molecule has 0 unspecified atom stereocenters. The van der Waals surface area contributed by atoms with Crippen molar-refractivity contribution in [2.45, 2.75) is 20.4 Å². The summed E-state index contributed by atoms with van der Waals surface area (Å²) in [6.07, 6.45) is 3.73. The Morgan fingerprint density at radius 2 is 2.22 bits per heavy atom. The summed E-state index contributed by atoms with van der Waals surface area (Å²) in [7, 11) is 0. The average molecular weight is 245 g/mol. The van der Waals surface area contributed by atoms with Crippen LogP contribution in [0.25, 0.3) is 0 Å². The summed E-state index contributed by atoms with van der Waals surface area (Å²) in [5.74, 6) is 0.433. The maximum absolute atomic E-state index is 13.2. The van der Waals surface area contributed by atoms with Gasteiger partial charge in [-0.25, -0.2) is 9.37 Å². The third-order valence-electron chi connectivity index (χ3n) is 2.67. The molecule has 0 aliphatic rings. The number of imidazole rings is 1. The number of hydrogen-bond acceptors (Lipinski definition) is 2. The van der Waals surface area contributed by atoms with E-state index in [-0.39, 0.29) is 5.82 Å². The van der Waals surface area contributed by atoms with Gasteiger partial charge in [-0.1, -0.05) is 12.1 Å². The van der Waals surface area contributed by atoms with Crippen LogP contribution in [0.1, 0.15) is 11.3 Å². The summed E-state index contributed by atoms with van der Waals surface area (Å²) in [6, 6.07) is 4.66. The fraction of sp³-hybridized carbons (Fsp3) is 0.214. The molecule has 1 aromatic heterocycles. The van der Waals surface area contributed by atoms with Crippen molar-refractivity contribution < 1.29 is 4.39 Å². The molecule has 1 N–H and O–H groups in total. The maximum Gasteiger partial charge on any atom is 0.207 e. The van der Waals surface area contributed by atoms with Crippen LogP contribution in [0.3, 0.4) is 0 Å². The second kappa shape index (κ2) is 5.04. The van der Waals surface area contributed by atoms with Crippen LogP contribution < -0.4 is 5.32 Å². The average Bonchev–Trinajstić information content (AvgIpc) is 2.65. The zero-order chi connectivity index (χ0) is 13.1. The Morgan fingerprint density at radius 3 is 2.94 bits per heavy atom. The highest BCUT2D eigenvalue weighted by Gasteiger charge is 2.07. The number of aromatic nitrogens is 2. The molecule has 0 amide bonds. The van der Waals surface area contributed by atoms with Gasteiger partial charge in [-0.3, -0.25) is 0 Å². The largest absolute Gasteiger partial charge is 0.325 e. The van der Waals surface area contributed by atoms with Crippen molar-refractivity contribution >= 4 is 11.6 Å². The van der Waals surface area contributed by atoms with Crippen LogP contribution in [0.15, 0.2) is 37.1 Å². The van der Waals surface area contributed by atoms with E-state index in [0.29, 0.717) is 12.5 Å². The Balaban J connectivity index is 2.33. The molecule has 94 valence electrons. The molecule has 0 fully saturated rings. The predicted octanol–water partition coefficient (Wildman–Crippen LogP) is 3.57. The lowest BCUT2D eigenvalue weighted by molar-refractivity contribution is 0.628. The number of nitrogens with zero attached hydrogens (tertiary/aromatic N) is 2. The molecule has 0 saturated carbocycles. The first-order valence-corrected chi connectivity index (χ1v) is 5.78. The van der Waals surface area contributed by atoms with Crippen LogP contribution in [0.5, 0.6) is 0 Å². The maximum atomic E-state index is 13.2. The van der Waals surface area contributed by atoms with Crippen molar-refractivity contribution in [1.82, 2.24) is 9.55 Å². The van der Waals surface area contributed by atoms with Crippen LogP contribution in [-0.2, 0) is 6.54 Å². The highest BCUT2D eigenvalue weighted by molar-refractivity contribution is 5.58. The van der Waals surface area contributed by atoms with Crippen LogP contribution >= 0.6 is 0 Å². The Bertz CT molecular complexity index is 572. The molecule has 4 heteroatoms. The van der Waals surface area contributed by atoms with E-state index in [9.17, 15) is 4.39 Å². The topological polar surface area (TPSA) is 29.9 Å². The van der Waals surface area contributed by atoms with Crippen LogP contribution in [-0.4, -0.2) is 9.55 Å². The van der Waals surface area contributed by atoms with Crippen molar-refractivity contribution in [3.05, 3.63) is 54.1 Å². The van der Waals surface area contributed by atoms with Crippen LogP contribution in [0.2, 0.25) is 0 Å². The summed E-state index contributed by atoms with van der Waals surface area (Å²) < 4.78 is 15.2. The molecule has 0 aliphatic heterocycles.